The van der Waals surface area contributed by atoms with Gasteiger partial charge in [-0.25, -0.2) is 17.5 Å². The molecule has 2 aliphatic rings. The Kier molecular flexibility index (Phi) is 4.83. The molecule has 2 aliphatic heterocycles. The number of sulfonamides is 1. The third-order valence-electron chi connectivity index (χ3n) is 5.27. The predicted octanol–water partition coefficient (Wildman–Crippen LogP) is 1.56. The van der Waals surface area contributed by atoms with E-state index >= 15 is 0 Å². The second-order valence-corrected chi connectivity index (χ2v) is 9.03. The molecule has 6 nitrogen and oxygen atoms in total. The van der Waals surface area contributed by atoms with Crippen LogP contribution >= 0.6 is 0 Å². The van der Waals surface area contributed by atoms with E-state index in [4.69, 9.17) is 0 Å². The predicted molar refractivity (Wildman–Crippen MR) is 93.0 cm³/mol. The number of benzene rings is 1. The van der Waals surface area contributed by atoms with E-state index in [0.717, 1.165) is 17.5 Å². The fraction of sp³-hybridized carbons (Fsp3) is 0.588. The highest BCUT2D eigenvalue weighted by Crippen LogP contribution is 2.33. The number of urea groups is 1. The van der Waals surface area contributed by atoms with E-state index in [1.165, 1.54) is 4.31 Å². The van der Waals surface area contributed by atoms with Crippen molar-refractivity contribution in [3.8, 4) is 0 Å². The van der Waals surface area contributed by atoms with Crippen LogP contribution in [0.15, 0.2) is 24.3 Å². The fourth-order valence-electron chi connectivity index (χ4n) is 3.70. The summed E-state index contributed by atoms with van der Waals surface area (Å²) >= 11 is 0. The van der Waals surface area contributed by atoms with Crippen LogP contribution < -0.4 is 5.32 Å². The lowest BCUT2D eigenvalue weighted by Crippen LogP contribution is -2.41. The first-order valence-electron chi connectivity index (χ1n) is 8.42. The molecule has 0 spiro atoms. The minimum Gasteiger partial charge on any atom is -0.334 e. The van der Waals surface area contributed by atoms with E-state index in [1.807, 2.05) is 31.2 Å². The van der Waals surface area contributed by atoms with Crippen molar-refractivity contribution in [1.82, 2.24) is 14.5 Å². The number of hydrogen-bond acceptors (Lipinski definition) is 3. The second kappa shape index (κ2) is 6.72. The van der Waals surface area contributed by atoms with Gasteiger partial charge in [0.05, 0.1) is 5.25 Å². The highest BCUT2D eigenvalue weighted by atomic mass is 32.2. The third-order valence-corrected chi connectivity index (χ3v) is 7.67. The molecule has 2 atom stereocenters. The molecule has 2 amide bonds. The number of aryl methyl sites for hydroxylation is 1. The van der Waals surface area contributed by atoms with Crippen LogP contribution in [0.25, 0.3) is 0 Å². The van der Waals surface area contributed by atoms with Gasteiger partial charge in [0, 0.05) is 33.2 Å². The van der Waals surface area contributed by atoms with Crippen molar-refractivity contribution in [2.24, 2.45) is 5.92 Å². The molecule has 0 aromatic heterocycles. The van der Waals surface area contributed by atoms with Crippen LogP contribution in [-0.4, -0.2) is 55.6 Å². The zero-order valence-electron chi connectivity index (χ0n) is 14.2. The topological polar surface area (TPSA) is 69.7 Å². The number of carbonyl (C=O) groups excluding carboxylic acids is 1. The van der Waals surface area contributed by atoms with Crippen molar-refractivity contribution in [3.05, 3.63) is 35.4 Å². The number of likely N-dealkylation sites (tertiary alicyclic amines) is 1. The lowest BCUT2D eigenvalue weighted by Gasteiger charge is -2.22. The lowest BCUT2D eigenvalue weighted by molar-refractivity contribution is 0.198. The third kappa shape index (κ3) is 3.28. The minimum absolute atomic E-state index is 0.107. The highest BCUT2D eigenvalue weighted by Gasteiger charge is 2.45. The number of nitrogens with zero attached hydrogens (tertiary/aromatic N) is 2. The normalized spacial score (nSPS) is 26.7. The molecule has 0 unspecified atom stereocenters. The number of nitrogens with one attached hydrogen (secondary N) is 1. The number of rotatable bonds is 2. The lowest BCUT2D eigenvalue weighted by atomic mass is 10.0. The molecule has 3 rings (SSSR count). The van der Waals surface area contributed by atoms with Crippen molar-refractivity contribution in [3.63, 3.8) is 0 Å². The van der Waals surface area contributed by atoms with Gasteiger partial charge in [0.15, 0.2) is 0 Å². The first-order valence-corrected chi connectivity index (χ1v) is 9.92. The minimum atomic E-state index is -3.18. The number of amides is 2. The van der Waals surface area contributed by atoms with Gasteiger partial charge >= 0.3 is 6.03 Å². The summed E-state index contributed by atoms with van der Waals surface area (Å²) in [5.41, 5.74) is 2.25. The molecule has 2 heterocycles. The van der Waals surface area contributed by atoms with Crippen LogP contribution in [0.1, 0.15) is 24.0 Å². The summed E-state index contributed by atoms with van der Waals surface area (Å²) in [6, 6.07) is 7.86. The first kappa shape index (κ1) is 17.2. The van der Waals surface area contributed by atoms with E-state index in [-0.39, 0.29) is 17.2 Å². The molecular formula is C17H25N3O3S. The molecule has 1 aromatic carbocycles. The average molecular weight is 351 g/mol. The van der Waals surface area contributed by atoms with Gasteiger partial charge in [-0.15, -0.1) is 0 Å². The van der Waals surface area contributed by atoms with Gasteiger partial charge in [-0.1, -0.05) is 24.3 Å². The molecule has 1 aromatic rings. The summed E-state index contributed by atoms with van der Waals surface area (Å²) in [7, 11) is -1.53. The molecule has 2 saturated heterocycles. The van der Waals surface area contributed by atoms with Gasteiger partial charge in [0.2, 0.25) is 10.0 Å². The van der Waals surface area contributed by atoms with Crippen LogP contribution in [0.2, 0.25) is 0 Å². The number of carbonyl (C=O) groups is 1. The van der Waals surface area contributed by atoms with Crippen LogP contribution in [0.5, 0.6) is 0 Å². The molecule has 2 fully saturated rings. The Morgan fingerprint density at radius 2 is 1.96 bits per heavy atom. The zero-order chi connectivity index (χ0) is 17.3. The fourth-order valence-corrected chi connectivity index (χ4v) is 5.67. The smallest absolute Gasteiger partial charge is 0.317 e. The largest absolute Gasteiger partial charge is 0.334 e. The monoisotopic (exact) mass is 351 g/mol. The van der Waals surface area contributed by atoms with Gasteiger partial charge in [-0.05, 0) is 36.8 Å². The Labute approximate surface area is 143 Å². The SMILES string of the molecule is Cc1ccccc1CNC(=O)N1CC[C@@H]2CN(C)S(=O)(=O)[C@@H]2CC1. The number of fused-ring (bicyclic) bond motifs is 1. The van der Waals surface area contributed by atoms with Crippen molar-refractivity contribution < 1.29 is 13.2 Å². The molecule has 132 valence electrons. The van der Waals surface area contributed by atoms with Crippen molar-refractivity contribution in [2.45, 2.75) is 31.6 Å². The maximum Gasteiger partial charge on any atom is 0.317 e. The maximum absolute atomic E-state index is 12.4. The molecule has 24 heavy (non-hydrogen) atoms. The Balaban J connectivity index is 1.59. The van der Waals surface area contributed by atoms with Gasteiger partial charge in [-0.2, -0.15) is 0 Å². The first-order chi connectivity index (χ1) is 11.4. The Bertz CT molecular complexity index is 720. The standard InChI is InChI=1S/C17H25N3O3S/c1-13-5-3-4-6-14(13)11-18-17(21)20-9-7-15-12-19(2)24(22,23)16(15)8-10-20/h3-6,15-16H,7-12H2,1-2H3,(H,18,21)/t15-,16-/m1/s1. The Morgan fingerprint density at radius 1 is 1.25 bits per heavy atom. The Hall–Kier alpha value is -1.60. The van der Waals surface area contributed by atoms with Gasteiger partial charge in [0.25, 0.3) is 0 Å². The highest BCUT2D eigenvalue weighted by molar-refractivity contribution is 7.90. The summed E-state index contributed by atoms with van der Waals surface area (Å²) in [5.74, 6) is 0.133. The molecular weight excluding hydrogens is 326 g/mol. The summed E-state index contributed by atoms with van der Waals surface area (Å²) in [4.78, 5) is 14.2. The van der Waals surface area contributed by atoms with Crippen LogP contribution in [-0.2, 0) is 16.6 Å². The molecule has 0 saturated carbocycles. The van der Waals surface area contributed by atoms with Gasteiger partial charge in [0.1, 0.15) is 0 Å². The van der Waals surface area contributed by atoms with E-state index in [9.17, 15) is 13.2 Å². The zero-order valence-corrected chi connectivity index (χ0v) is 15.1. The van der Waals surface area contributed by atoms with Crippen molar-refractivity contribution in [1.29, 1.82) is 0 Å². The maximum atomic E-state index is 12.4. The van der Waals surface area contributed by atoms with E-state index < -0.39 is 10.0 Å². The van der Waals surface area contributed by atoms with Crippen LogP contribution in [0, 0.1) is 12.8 Å². The quantitative estimate of drug-likeness (QED) is 0.879. The summed E-state index contributed by atoms with van der Waals surface area (Å²) < 4.78 is 26.1. The summed E-state index contributed by atoms with van der Waals surface area (Å²) in [6.45, 7) is 4.20. The number of hydrogen-bond donors (Lipinski definition) is 1. The van der Waals surface area contributed by atoms with Crippen LogP contribution in [0.4, 0.5) is 4.79 Å². The van der Waals surface area contributed by atoms with Crippen molar-refractivity contribution in [2.75, 3.05) is 26.7 Å². The molecule has 7 heteroatoms. The molecule has 0 aliphatic carbocycles. The summed E-state index contributed by atoms with van der Waals surface area (Å²) in [6.07, 6.45) is 1.27. The van der Waals surface area contributed by atoms with Gasteiger partial charge in [-0.3, -0.25) is 0 Å². The average Bonchev–Trinajstić information content (AvgIpc) is 2.70. The van der Waals surface area contributed by atoms with E-state index in [0.29, 0.717) is 32.6 Å². The van der Waals surface area contributed by atoms with Crippen molar-refractivity contribution >= 4 is 16.1 Å². The molecule has 0 radical (unpaired) electrons. The van der Waals surface area contributed by atoms with E-state index in [1.54, 1.807) is 11.9 Å². The Morgan fingerprint density at radius 3 is 2.71 bits per heavy atom. The molecule has 1 N–H and O–H groups in total. The van der Waals surface area contributed by atoms with Crippen LogP contribution in [0.3, 0.4) is 0 Å². The summed E-state index contributed by atoms with van der Waals surface area (Å²) in [5, 5.41) is 2.62. The van der Waals surface area contributed by atoms with E-state index in [2.05, 4.69) is 5.32 Å². The second-order valence-electron chi connectivity index (χ2n) is 6.77. The van der Waals surface area contributed by atoms with Gasteiger partial charge < -0.3 is 10.2 Å². The molecule has 0 bridgehead atoms.